The number of carbonyl (C=O) groups excluding carboxylic acids is 3. The number of oxazole rings is 1. The number of hydrogen-bond donors (Lipinski definition) is 0. The molecule has 0 saturated heterocycles. The highest BCUT2D eigenvalue weighted by atomic mass is 32.1. The van der Waals surface area contributed by atoms with E-state index in [1.165, 1.54) is 36.7 Å². The molecule has 0 aromatic carbocycles. The SMILES string of the molecule is COC(=O)c1nc(-c2ccc(-c3nc(C(=O)OC(C)(C)C)cs3)nc2-c2csc(C(C)=O)n2)oc1C. The van der Waals surface area contributed by atoms with E-state index in [4.69, 9.17) is 18.9 Å². The van der Waals surface area contributed by atoms with E-state index in [1.54, 1.807) is 50.6 Å². The number of pyridine rings is 1. The number of aromatic nitrogens is 4. The van der Waals surface area contributed by atoms with Crippen LogP contribution >= 0.6 is 22.7 Å². The first kappa shape index (κ1) is 25.3. The van der Waals surface area contributed by atoms with Gasteiger partial charge in [-0.05, 0) is 39.8 Å². The summed E-state index contributed by atoms with van der Waals surface area (Å²) in [6, 6.07) is 3.41. The van der Waals surface area contributed by atoms with Crippen LogP contribution in [0.5, 0.6) is 0 Å². The van der Waals surface area contributed by atoms with Crippen LogP contribution in [0, 0.1) is 6.92 Å². The van der Waals surface area contributed by atoms with Gasteiger partial charge in [0.15, 0.2) is 22.2 Å². The van der Waals surface area contributed by atoms with Crippen LogP contribution < -0.4 is 0 Å². The molecule has 12 heteroatoms. The maximum atomic E-state index is 12.4. The first-order valence-corrected chi connectivity index (χ1v) is 12.5. The number of aryl methyl sites for hydroxylation is 1. The standard InChI is InChI=1S/C24H22N4O6S2/c1-11(29)20-26-15(9-35-20)18-13(19-28-17(12(2)33-19)23(31)32-6)7-8-14(25-18)21-27-16(10-36-21)22(30)34-24(3,4)5/h7-10H,1-6H3. The van der Waals surface area contributed by atoms with Gasteiger partial charge in [0.25, 0.3) is 0 Å². The molecule has 10 nitrogen and oxygen atoms in total. The third-order valence-electron chi connectivity index (χ3n) is 4.68. The Morgan fingerprint density at radius 1 is 0.944 bits per heavy atom. The molecule has 0 spiro atoms. The highest BCUT2D eigenvalue weighted by Crippen LogP contribution is 2.35. The fraction of sp³-hybridized carbons (Fsp3) is 0.292. The number of esters is 2. The molecule has 4 aromatic rings. The predicted octanol–water partition coefficient (Wildman–Crippen LogP) is 5.24. The lowest BCUT2D eigenvalue weighted by atomic mass is 10.1. The molecule has 186 valence electrons. The monoisotopic (exact) mass is 526 g/mol. The Bertz CT molecular complexity index is 1480. The summed E-state index contributed by atoms with van der Waals surface area (Å²) in [4.78, 5) is 54.1. The second-order valence-corrected chi connectivity index (χ2v) is 10.4. The van der Waals surface area contributed by atoms with Gasteiger partial charge in [0, 0.05) is 17.7 Å². The molecule has 4 rings (SSSR count). The molecule has 0 aliphatic carbocycles. The molecule has 0 aliphatic heterocycles. The third kappa shape index (κ3) is 5.24. The highest BCUT2D eigenvalue weighted by molar-refractivity contribution is 7.13. The topological polar surface area (TPSA) is 134 Å². The third-order valence-corrected chi connectivity index (χ3v) is 6.49. The van der Waals surface area contributed by atoms with Crippen molar-refractivity contribution >= 4 is 40.4 Å². The molecule has 0 atom stereocenters. The average molecular weight is 527 g/mol. The van der Waals surface area contributed by atoms with Crippen molar-refractivity contribution in [2.24, 2.45) is 0 Å². The molecule has 0 saturated carbocycles. The number of ether oxygens (including phenoxy) is 2. The zero-order chi connectivity index (χ0) is 26.2. The van der Waals surface area contributed by atoms with Gasteiger partial charge in [-0.25, -0.2) is 29.5 Å². The van der Waals surface area contributed by atoms with Gasteiger partial charge in [-0.3, -0.25) is 4.79 Å². The molecule has 4 heterocycles. The largest absolute Gasteiger partial charge is 0.464 e. The minimum atomic E-state index is -0.649. The van der Waals surface area contributed by atoms with Crippen LogP contribution in [0.1, 0.15) is 64.2 Å². The lowest BCUT2D eigenvalue weighted by molar-refractivity contribution is 0.00635. The molecule has 0 radical (unpaired) electrons. The average Bonchev–Trinajstić information content (AvgIpc) is 3.56. The van der Waals surface area contributed by atoms with Gasteiger partial charge in [-0.15, -0.1) is 22.7 Å². The predicted molar refractivity (Wildman–Crippen MR) is 133 cm³/mol. The van der Waals surface area contributed by atoms with E-state index in [1.807, 2.05) is 0 Å². The van der Waals surface area contributed by atoms with Gasteiger partial charge < -0.3 is 13.9 Å². The number of nitrogens with zero attached hydrogens (tertiary/aromatic N) is 4. The number of Topliss-reactive ketones (excluding diaryl/α,β-unsaturated/α-hetero) is 1. The molecule has 0 amide bonds. The Kier molecular flexibility index (Phi) is 6.83. The summed E-state index contributed by atoms with van der Waals surface area (Å²) >= 11 is 2.43. The van der Waals surface area contributed by atoms with Gasteiger partial charge in [0.1, 0.15) is 27.8 Å². The zero-order valence-electron chi connectivity index (χ0n) is 20.4. The van der Waals surface area contributed by atoms with Crippen molar-refractivity contribution in [1.29, 1.82) is 0 Å². The van der Waals surface area contributed by atoms with Gasteiger partial charge in [-0.1, -0.05) is 0 Å². The van der Waals surface area contributed by atoms with Crippen LogP contribution in [0.3, 0.4) is 0 Å². The molecule has 0 aliphatic rings. The summed E-state index contributed by atoms with van der Waals surface area (Å²) in [5.74, 6) is -0.896. The lowest BCUT2D eigenvalue weighted by Gasteiger charge is -2.18. The fourth-order valence-electron chi connectivity index (χ4n) is 3.10. The number of rotatable bonds is 6. The van der Waals surface area contributed by atoms with Crippen molar-refractivity contribution in [3.05, 3.63) is 45.0 Å². The number of ketones is 1. The van der Waals surface area contributed by atoms with Gasteiger partial charge in [0.05, 0.1) is 18.4 Å². The van der Waals surface area contributed by atoms with Crippen molar-refractivity contribution in [3.8, 4) is 33.5 Å². The van der Waals surface area contributed by atoms with Crippen LogP contribution in [0.25, 0.3) is 33.5 Å². The smallest absolute Gasteiger partial charge is 0.360 e. The van der Waals surface area contributed by atoms with Crippen LogP contribution in [0.2, 0.25) is 0 Å². The van der Waals surface area contributed by atoms with Crippen molar-refractivity contribution < 1.29 is 28.3 Å². The Morgan fingerprint density at radius 3 is 2.33 bits per heavy atom. The summed E-state index contributed by atoms with van der Waals surface area (Å²) < 4.78 is 15.9. The second kappa shape index (κ2) is 9.70. The Hall–Kier alpha value is -3.77. The van der Waals surface area contributed by atoms with E-state index in [2.05, 4.69) is 15.0 Å². The molecular formula is C24H22N4O6S2. The zero-order valence-corrected chi connectivity index (χ0v) is 22.0. The highest BCUT2D eigenvalue weighted by Gasteiger charge is 2.25. The van der Waals surface area contributed by atoms with Crippen molar-refractivity contribution in [1.82, 2.24) is 19.9 Å². The molecule has 4 aromatic heterocycles. The van der Waals surface area contributed by atoms with Crippen LogP contribution in [0.15, 0.2) is 27.3 Å². The number of hydrogen-bond acceptors (Lipinski definition) is 12. The van der Waals surface area contributed by atoms with E-state index in [-0.39, 0.29) is 28.8 Å². The maximum Gasteiger partial charge on any atom is 0.360 e. The quantitative estimate of drug-likeness (QED) is 0.242. The number of thiazole rings is 2. The molecule has 0 N–H and O–H groups in total. The summed E-state index contributed by atoms with van der Waals surface area (Å²) in [6.45, 7) is 8.38. The summed E-state index contributed by atoms with van der Waals surface area (Å²) in [5.41, 5.74) is 1.32. The van der Waals surface area contributed by atoms with E-state index >= 15 is 0 Å². The van der Waals surface area contributed by atoms with E-state index in [0.717, 1.165) is 0 Å². The van der Waals surface area contributed by atoms with E-state index in [9.17, 15) is 14.4 Å². The molecule has 0 fully saturated rings. The fourth-order valence-corrected chi connectivity index (χ4v) is 4.57. The van der Waals surface area contributed by atoms with Crippen LogP contribution in [-0.4, -0.2) is 50.4 Å². The lowest BCUT2D eigenvalue weighted by Crippen LogP contribution is -2.24. The van der Waals surface area contributed by atoms with E-state index in [0.29, 0.717) is 32.7 Å². The molecule has 0 unspecified atom stereocenters. The van der Waals surface area contributed by atoms with Crippen molar-refractivity contribution in [2.45, 2.75) is 40.2 Å². The van der Waals surface area contributed by atoms with Crippen LogP contribution in [0.4, 0.5) is 0 Å². The minimum absolute atomic E-state index is 0.0483. The van der Waals surface area contributed by atoms with Crippen molar-refractivity contribution in [3.63, 3.8) is 0 Å². The second-order valence-electron chi connectivity index (χ2n) is 8.64. The summed E-state index contributed by atoms with van der Waals surface area (Å²) in [6.07, 6.45) is 0. The number of methoxy groups -OCH3 is 1. The minimum Gasteiger partial charge on any atom is -0.464 e. The van der Waals surface area contributed by atoms with Gasteiger partial charge >= 0.3 is 11.9 Å². The number of carbonyl (C=O) groups is 3. The van der Waals surface area contributed by atoms with Gasteiger partial charge in [0.2, 0.25) is 5.89 Å². The molecular weight excluding hydrogens is 504 g/mol. The molecule has 36 heavy (non-hydrogen) atoms. The van der Waals surface area contributed by atoms with Gasteiger partial charge in [-0.2, -0.15) is 0 Å². The normalized spacial score (nSPS) is 11.4. The van der Waals surface area contributed by atoms with Crippen LogP contribution in [-0.2, 0) is 9.47 Å². The maximum absolute atomic E-state index is 12.4. The first-order valence-electron chi connectivity index (χ1n) is 10.7. The summed E-state index contributed by atoms with van der Waals surface area (Å²) in [5, 5.41) is 4.13. The first-order chi connectivity index (χ1) is 17.0. The van der Waals surface area contributed by atoms with Crippen molar-refractivity contribution in [2.75, 3.05) is 7.11 Å². The Morgan fingerprint density at radius 2 is 1.69 bits per heavy atom. The Balaban J connectivity index is 1.80. The summed E-state index contributed by atoms with van der Waals surface area (Å²) in [7, 11) is 1.26. The molecule has 0 bridgehead atoms. The van der Waals surface area contributed by atoms with E-state index < -0.39 is 17.5 Å². The Labute approximate surface area is 214 Å².